The minimum atomic E-state index is -0.540. The van der Waals surface area contributed by atoms with Gasteiger partial charge in [-0.15, -0.1) is 0 Å². The number of alkyl halides is 1. The molecular formula is C8H13Cl2N5. The van der Waals surface area contributed by atoms with Gasteiger partial charge in [-0.2, -0.15) is 0 Å². The molecule has 0 aromatic heterocycles. The first-order valence-electron chi connectivity index (χ1n) is 4.29. The smallest absolute Gasteiger partial charge is 0.161 e. The lowest BCUT2D eigenvalue weighted by Gasteiger charge is -2.29. The highest BCUT2D eigenvalue weighted by molar-refractivity contribution is 6.70. The maximum Gasteiger partial charge on any atom is 0.161 e. The van der Waals surface area contributed by atoms with E-state index in [0.29, 0.717) is 16.6 Å². The number of nitrogens with two attached hydrogens (primary N) is 1. The molecule has 1 rings (SSSR count). The van der Waals surface area contributed by atoms with Crippen LogP contribution < -0.4 is 16.5 Å². The van der Waals surface area contributed by atoms with Crippen LogP contribution in [0.25, 0.3) is 0 Å². The molecule has 5 nitrogen and oxygen atoms in total. The average molecular weight is 250 g/mol. The van der Waals surface area contributed by atoms with E-state index in [2.05, 4.69) is 15.6 Å². The Morgan fingerprint density at radius 2 is 2.00 bits per heavy atom. The van der Waals surface area contributed by atoms with Crippen molar-refractivity contribution < 1.29 is 0 Å². The Balaban J connectivity index is 3.08. The molecule has 1 aliphatic heterocycles. The lowest BCUT2D eigenvalue weighted by molar-refractivity contribution is 0.350. The van der Waals surface area contributed by atoms with E-state index in [9.17, 15) is 0 Å². The molecule has 15 heavy (non-hydrogen) atoms. The van der Waals surface area contributed by atoms with Crippen molar-refractivity contribution in [2.24, 2.45) is 10.8 Å². The first-order valence-corrected chi connectivity index (χ1v) is 5.10. The highest BCUT2D eigenvalue weighted by atomic mass is 35.5. The number of halogens is 2. The summed E-state index contributed by atoms with van der Waals surface area (Å²) in [5.41, 5.74) is 0.0960. The minimum Gasteiger partial charge on any atom is -0.394 e. The normalized spacial score (nSPS) is 26.9. The van der Waals surface area contributed by atoms with Gasteiger partial charge in [0, 0.05) is 32.1 Å². The van der Waals surface area contributed by atoms with Crippen molar-refractivity contribution in [1.82, 2.24) is 15.6 Å². The molecule has 7 heteroatoms. The number of nitrogens with zero attached hydrogens (tertiary/aromatic N) is 2. The maximum atomic E-state index is 6.10. The van der Waals surface area contributed by atoms with Crippen molar-refractivity contribution in [2.45, 2.75) is 5.50 Å². The van der Waals surface area contributed by atoms with Crippen LogP contribution in [0.1, 0.15) is 0 Å². The minimum absolute atomic E-state index is 0.326. The predicted molar refractivity (Wildman–Crippen MR) is 63.2 cm³/mol. The Kier molecular flexibility index (Phi) is 4.26. The van der Waals surface area contributed by atoms with Gasteiger partial charge in [-0.1, -0.05) is 23.2 Å². The molecule has 0 fully saturated rings. The topological polar surface area (TPSA) is 65.7 Å². The number of hydrogen-bond acceptors (Lipinski definition) is 5. The van der Waals surface area contributed by atoms with E-state index in [1.165, 1.54) is 5.01 Å². The molecule has 0 bridgehead atoms. The van der Waals surface area contributed by atoms with E-state index >= 15 is 0 Å². The predicted octanol–water partition coefficient (Wildman–Crippen LogP) is 0.499. The highest BCUT2D eigenvalue weighted by Gasteiger charge is 2.27. The second kappa shape index (κ2) is 5.25. The van der Waals surface area contributed by atoms with Crippen LogP contribution in [0.4, 0.5) is 0 Å². The molecule has 0 saturated heterocycles. The third-order valence-electron chi connectivity index (χ3n) is 1.79. The van der Waals surface area contributed by atoms with E-state index in [4.69, 9.17) is 29.0 Å². The fraction of sp³-hybridized carbons (Fsp3) is 0.375. The zero-order valence-corrected chi connectivity index (χ0v) is 9.97. The fourth-order valence-electron chi connectivity index (χ4n) is 1.11. The van der Waals surface area contributed by atoms with Gasteiger partial charge < -0.3 is 10.6 Å². The van der Waals surface area contributed by atoms with Gasteiger partial charge >= 0.3 is 0 Å². The van der Waals surface area contributed by atoms with Crippen molar-refractivity contribution >= 4 is 28.4 Å². The first kappa shape index (κ1) is 12.2. The van der Waals surface area contributed by atoms with Crippen molar-refractivity contribution in [3.63, 3.8) is 0 Å². The molecule has 4 N–H and O–H groups in total. The van der Waals surface area contributed by atoms with Crippen molar-refractivity contribution in [1.29, 1.82) is 0 Å². The number of aliphatic imine (C=N–C) groups is 1. The molecular weight excluding hydrogens is 237 g/mol. The second-order valence-corrected chi connectivity index (χ2v) is 3.60. The molecule has 0 aromatic carbocycles. The average Bonchev–Trinajstić information content (AvgIpc) is 2.21. The summed E-state index contributed by atoms with van der Waals surface area (Å²) in [6.45, 7) is 0. The van der Waals surface area contributed by atoms with E-state index in [0.717, 1.165) is 0 Å². The summed E-state index contributed by atoms with van der Waals surface area (Å²) in [6.07, 6.45) is 3.29. The third kappa shape index (κ3) is 2.56. The molecule has 1 aliphatic rings. The summed E-state index contributed by atoms with van der Waals surface area (Å²) >= 11 is 12.1. The van der Waals surface area contributed by atoms with Crippen LogP contribution in [-0.4, -0.2) is 29.8 Å². The van der Waals surface area contributed by atoms with E-state index < -0.39 is 5.50 Å². The van der Waals surface area contributed by atoms with E-state index in [1.54, 1.807) is 26.5 Å². The second-order valence-electron chi connectivity index (χ2n) is 2.83. The standard InChI is InChI=1S/C8H13Cl2N5/c1-12-3-5-7(9)14-6(4-13-2)15(11)8(5)10/h3-4,8,12-13H,11H2,1-2H3. The number of rotatable bonds is 2. The van der Waals surface area contributed by atoms with Gasteiger partial charge in [-0.05, 0) is 0 Å². The largest absolute Gasteiger partial charge is 0.394 e. The summed E-state index contributed by atoms with van der Waals surface area (Å²) in [4.78, 5) is 4.09. The van der Waals surface area contributed by atoms with Crippen LogP contribution in [0.5, 0.6) is 0 Å². The molecule has 1 atom stereocenters. The Bertz CT molecular complexity index is 323. The van der Waals surface area contributed by atoms with Gasteiger partial charge in [0.05, 0.1) is 0 Å². The molecule has 0 saturated carbocycles. The molecule has 0 aromatic rings. The number of nitrogens with one attached hydrogen (secondary N) is 2. The van der Waals surface area contributed by atoms with Gasteiger partial charge in [-0.25, -0.2) is 10.8 Å². The summed E-state index contributed by atoms with van der Waals surface area (Å²) in [5, 5.41) is 7.30. The number of hydrogen-bond donors (Lipinski definition) is 3. The third-order valence-corrected chi connectivity index (χ3v) is 2.54. The van der Waals surface area contributed by atoms with E-state index in [1.807, 2.05) is 0 Å². The summed E-state index contributed by atoms with van der Waals surface area (Å²) in [5.74, 6) is 6.23. The van der Waals surface area contributed by atoms with Crippen molar-refractivity contribution in [3.8, 4) is 0 Å². The number of hydrazine groups is 1. The van der Waals surface area contributed by atoms with Crippen LogP contribution in [0.2, 0.25) is 0 Å². The van der Waals surface area contributed by atoms with Gasteiger partial charge in [0.15, 0.2) is 5.82 Å². The zero-order chi connectivity index (χ0) is 11.4. The van der Waals surface area contributed by atoms with Crippen LogP contribution in [-0.2, 0) is 0 Å². The maximum absolute atomic E-state index is 6.10. The van der Waals surface area contributed by atoms with Crippen LogP contribution in [0.15, 0.2) is 28.8 Å². The summed E-state index contributed by atoms with van der Waals surface area (Å²) < 4.78 is 0. The lowest BCUT2D eigenvalue weighted by Crippen LogP contribution is -2.42. The first-order chi connectivity index (χ1) is 7.11. The quantitative estimate of drug-likeness (QED) is 0.379. The van der Waals surface area contributed by atoms with Gasteiger partial charge in [0.25, 0.3) is 0 Å². The lowest BCUT2D eigenvalue weighted by atomic mass is 10.2. The Hall–Kier alpha value is -0.910. The molecule has 0 spiro atoms. The monoisotopic (exact) mass is 249 g/mol. The van der Waals surface area contributed by atoms with Crippen LogP contribution in [0.3, 0.4) is 0 Å². The zero-order valence-electron chi connectivity index (χ0n) is 8.46. The van der Waals surface area contributed by atoms with Crippen LogP contribution >= 0.6 is 23.2 Å². The fourth-order valence-corrected chi connectivity index (χ4v) is 1.67. The molecule has 84 valence electrons. The molecule has 1 heterocycles. The Morgan fingerprint density at radius 3 is 2.53 bits per heavy atom. The van der Waals surface area contributed by atoms with Crippen LogP contribution in [0, 0.1) is 0 Å². The molecule has 0 radical (unpaired) electrons. The van der Waals surface area contributed by atoms with Gasteiger partial charge in [0.2, 0.25) is 0 Å². The molecule has 1 unspecified atom stereocenters. The summed E-state index contributed by atoms with van der Waals surface area (Å²) in [6, 6.07) is 0. The molecule has 0 amide bonds. The van der Waals surface area contributed by atoms with Gasteiger partial charge in [-0.3, -0.25) is 5.01 Å². The van der Waals surface area contributed by atoms with Crippen molar-refractivity contribution in [2.75, 3.05) is 14.1 Å². The summed E-state index contributed by atoms with van der Waals surface area (Å²) in [7, 11) is 3.49. The van der Waals surface area contributed by atoms with Crippen molar-refractivity contribution in [3.05, 3.63) is 23.8 Å². The van der Waals surface area contributed by atoms with Gasteiger partial charge in [0.1, 0.15) is 10.7 Å². The SMILES string of the molecule is CNC=C1C(Cl)=NC(=CNC)N(N)C1Cl. The Labute approximate surface area is 98.6 Å². The van der Waals surface area contributed by atoms with E-state index in [-0.39, 0.29) is 0 Å². The Morgan fingerprint density at radius 1 is 1.40 bits per heavy atom. The highest BCUT2D eigenvalue weighted by Crippen LogP contribution is 2.25. The molecule has 0 aliphatic carbocycles.